The Morgan fingerprint density at radius 2 is 1.90 bits per heavy atom. The van der Waals surface area contributed by atoms with E-state index in [1.807, 2.05) is 18.2 Å². The second-order valence-electron chi connectivity index (χ2n) is 4.45. The first-order chi connectivity index (χ1) is 10.0. The second-order valence-corrected chi connectivity index (χ2v) is 5.24. The number of nitrogens with zero attached hydrogens (tertiary/aromatic N) is 1. The lowest BCUT2D eigenvalue weighted by molar-refractivity contribution is 0.0752. The molecule has 1 aromatic carbocycles. The molecule has 0 N–H and O–H groups in total. The molecule has 0 spiro atoms. The second kappa shape index (κ2) is 6.67. The maximum absolute atomic E-state index is 12.2. The molecule has 0 aliphatic heterocycles. The van der Waals surface area contributed by atoms with E-state index in [0.717, 1.165) is 5.56 Å². The van der Waals surface area contributed by atoms with Crippen LogP contribution in [-0.2, 0) is 6.54 Å². The van der Waals surface area contributed by atoms with Crippen molar-refractivity contribution >= 4 is 21.8 Å². The van der Waals surface area contributed by atoms with Crippen molar-refractivity contribution in [3.05, 3.63) is 46.3 Å². The molecule has 0 saturated heterocycles. The van der Waals surface area contributed by atoms with Gasteiger partial charge in [0.1, 0.15) is 0 Å². The van der Waals surface area contributed by atoms with Crippen LogP contribution in [0, 0.1) is 0 Å². The summed E-state index contributed by atoms with van der Waals surface area (Å²) in [5, 5.41) is 0. The first kappa shape index (κ1) is 15.4. The molecule has 1 amide bonds. The highest BCUT2D eigenvalue weighted by Gasteiger charge is 2.16. The maximum Gasteiger partial charge on any atom is 0.289 e. The van der Waals surface area contributed by atoms with Crippen LogP contribution in [0.1, 0.15) is 16.1 Å². The Morgan fingerprint density at radius 3 is 2.48 bits per heavy atom. The van der Waals surface area contributed by atoms with Crippen molar-refractivity contribution in [3.63, 3.8) is 0 Å². The van der Waals surface area contributed by atoms with Gasteiger partial charge < -0.3 is 18.8 Å². The summed E-state index contributed by atoms with van der Waals surface area (Å²) in [6.45, 7) is 0.442. The minimum Gasteiger partial charge on any atom is -0.493 e. The molecular weight excluding hydrogens is 338 g/mol. The van der Waals surface area contributed by atoms with Crippen LogP contribution < -0.4 is 9.47 Å². The molecule has 1 heterocycles. The van der Waals surface area contributed by atoms with Crippen molar-refractivity contribution in [3.8, 4) is 11.5 Å². The number of amides is 1. The van der Waals surface area contributed by atoms with E-state index in [-0.39, 0.29) is 5.91 Å². The lowest BCUT2D eigenvalue weighted by atomic mass is 10.2. The largest absolute Gasteiger partial charge is 0.493 e. The zero-order chi connectivity index (χ0) is 15.4. The monoisotopic (exact) mass is 353 g/mol. The number of rotatable bonds is 5. The number of carbonyl (C=O) groups is 1. The van der Waals surface area contributed by atoms with Crippen molar-refractivity contribution in [2.75, 3.05) is 21.3 Å². The Bertz CT molecular complexity index is 638. The first-order valence-electron chi connectivity index (χ1n) is 6.27. The van der Waals surface area contributed by atoms with E-state index in [1.165, 1.54) is 0 Å². The average molecular weight is 354 g/mol. The normalized spacial score (nSPS) is 10.3. The molecule has 5 nitrogen and oxygen atoms in total. The standard InChI is InChI=1S/C15H16BrNO4/c1-17(15(18)12-6-7-14(16)21-12)9-10-4-5-11(19-2)13(8-10)20-3/h4-8H,9H2,1-3H3. The van der Waals surface area contributed by atoms with Crippen molar-refractivity contribution in [1.82, 2.24) is 4.90 Å². The van der Waals surface area contributed by atoms with Crippen molar-refractivity contribution in [1.29, 1.82) is 0 Å². The lowest BCUT2D eigenvalue weighted by Gasteiger charge is -2.17. The smallest absolute Gasteiger partial charge is 0.289 e. The molecule has 0 aliphatic carbocycles. The molecule has 0 aliphatic rings. The zero-order valence-corrected chi connectivity index (χ0v) is 13.6. The van der Waals surface area contributed by atoms with Crippen molar-refractivity contribution in [2.24, 2.45) is 0 Å². The summed E-state index contributed by atoms with van der Waals surface area (Å²) in [5.74, 6) is 1.40. The molecule has 0 unspecified atom stereocenters. The summed E-state index contributed by atoms with van der Waals surface area (Å²) >= 11 is 3.18. The summed E-state index contributed by atoms with van der Waals surface area (Å²) in [6.07, 6.45) is 0. The van der Waals surface area contributed by atoms with Gasteiger partial charge >= 0.3 is 0 Å². The van der Waals surface area contributed by atoms with Gasteiger partial charge in [0.15, 0.2) is 21.9 Å². The Balaban J connectivity index is 2.12. The summed E-state index contributed by atoms with van der Waals surface area (Å²) in [7, 11) is 4.88. The molecule has 0 atom stereocenters. The Labute approximate surface area is 131 Å². The predicted octanol–water partition coefficient (Wildman–Crippen LogP) is 3.33. The fourth-order valence-electron chi connectivity index (χ4n) is 1.94. The molecule has 6 heteroatoms. The number of benzene rings is 1. The number of halogens is 1. The summed E-state index contributed by atoms with van der Waals surface area (Å²) in [4.78, 5) is 13.8. The van der Waals surface area contributed by atoms with Crippen LogP contribution in [0.4, 0.5) is 0 Å². The van der Waals surface area contributed by atoms with Gasteiger partial charge in [-0.3, -0.25) is 4.79 Å². The fourth-order valence-corrected chi connectivity index (χ4v) is 2.25. The van der Waals surface area contributed by atoms with Gasteiger partial charge in [0.05, 0.1) is 14.2 Å². The van der Waals surface area contributed by atoms with Gasteiger partial charge in [0, 0.05) is 13.6 Å². The minimum atomic E-state index is -0.185. The van der Waals surface area contributed by atoms with Crippen LogP contribution in [0.15, 0.2) is 39.4 Å². The van der Waals surface area contributed by atoms with E-state index in [2.05, 4.69) is 15.9 Å². The molecule has 112 valence electrons. The highest BCUT2D eigenvalue weighted by Crippen LogP contribution is 2.28. The quantitative estimate of drug-likeness (QED) is 0.827. The molecule has 0 radical (unpaired) electrons. The number of carbonyl (C=O) groups excluding carboxylic acids is 1. The third-order valence-corrected chi connectivity index (χ3v) is 3.42. The van der Waals surface area contributed by atoms with E-state index >= 15 is 0 Å². The third kappa shape index (κ3) is 3.58. The molecule has 21 heavy (non-hydrogen) atoms. The fraction of sp³-hybridized carbons (Fsp3) is 0.267. The Hall–Kier alpha value is -1.95. The van der Waals surface area contributed by atoms with Crippen LogP contribution in [-0.4, -0.2) is 32.1 Å². The molecule has 2 rings (SSSR count). The van der Waals surface area contributed by atoms with Gasteiger partial charge in [-0.1, -0.05) is 6.07 Å². The van der Waals surface area contributed by atoms with Gasteiger partial charge in [0.25, 0.3) is 5.91 Å². The molecule has 0 saturated carbocycles. The van der Waals surface area contributed by atoms with Crippen LogP contribution in [0.5, 0.6) is 11.5 Å². The Kier molecular flexibility index (Phi) is 4.90. The zero-order valence-electron chi connectivity index (χ0n) is 12.1. The Morgan fingerprint density at radius 1 is 1.19 bits per heavy atom. The van der Waals surface area contributed by atoms with Crippen LogP contribution in [0.25, 0.3) is 0 Å². The minimum absolute atomic E-state index is 0.185. The van der Waals surface area contributed by atoms with E-state index in [4.69, 9.17) is 13.9 Å². The SMILES string of the molecule is COc1ccc(CN(C)C(=O)c2ccc(Br)o2)cc1OC. The van der Waals surface area contributed by atoms with E-state index in [9.17, 15) is 4.79 Å². The molecule has 2 aromatic rings. The first-order valence-corrected chi connectivity index (χ1v) is 7.06. The van der Waals surface area contributed by atoms with Gasteiger partial charge in [-0.25, -0.2) is 0 Å². The number of hydrogen-bond donors (Lipinski definition) is 0. The summed E-state index contributed by atoms with van der Waals surface area (Å²) in [6, 6.07) is 8.88. The maximum atomic E-state index is 12.2. The molecule has 0 fully saturated rings. The van der Waals surface area contributed by atoms with Crippen LogP contribution in [0.3, 0.4) is 0 Å². The number of furan rings is 1. The van der Waals surface area contributed by atoms with E-state index in [1.54, 1.807) is 38.3 Å². The van der Waals surface area contributed by atoms with E-state index < -0.39 is 0 Å². The topological polar surface area (TPSA) is 51.9 Å². The van der Waals surface area contributed by atoms with Gasteiger partial charge in [-0.05, 0) is 45.8 Å². The van der Waals surface area contributed by atoms with Crippen molar-refractivity contribution in [2.45, 2.75) is 6.54 Å². The van der Waals surface area contributed by atoms with Crippen LogP contribution >= 0.6 is 15.9 Å². The predicted molar refractivity (Wildman–Crippen MR) is 81.8 cm³/mol. The highest BCUT2D eigenvalue weighted by molar-refractivity contribution is 9.10. The van der Waals surface area contributed by atoms with Gasteiger partial charge in [-0.2, -0.15) is 0 Å². The number of hydrogen-bond acceptors (Lipinski definition) is 4. The molecular formula is C15H16BrNO4. The van der Waals surface area contributed by atoms with E-state index in [0.29, 0.717) is 28.5 Å². The number of methoxy groups -OCH3 is 2. The summed E-state index contributed by atoms with van der Waals surface area (Å²) < 4.78 is 16.2. The highest BCUT2D eigenvalue weighted by atomic mass is 79.9. The lowest BCUT2D eigenvalue weighted by Crippen LogP contribution is -2.25. The molecule has 0 bridgehead atoms. The number of ether oxygens (including phenoxy) is 2. The third-order valence-electron chi connectivity index (χ3n) is 3.00. The average Bonchev–Trinajstić information content (AvgIpc) is 2.92. The summed E-state index contributed by atoms with van der Waals surface area (Å²) in [5.41, 5.74) is 0.939. The van der Waals surface area contributed by atoms with Crippen molar-refractivity contribution < 1.29 is 18.7 Å². The van der Waals surface area contributed by atoms with Gasteiger partial charge in [0.2, 0.25) is 0 Å². The van der Waals surface area contributed by atoms with Crippen LogP contribution in [0.2, 0.25) is 0 Å². The molecule has 1 aromatic heterocycles. The van der Waals surface area contributed by atoms with Gasteiger partial charge in [-0.15, -0.1) is 0 Å².